The Balaban J connectivity index is 1.50. The number of aromatic nitrogens is 4. The minimum absolute atomic E-state index is 0.0212. The zero-order valence-electron chi connectivity index (χ0n) is 24.6. The number of rotatable bonds is 10. The number of halogens is 2. The summed E-state index contributed by atoms with van der Waals surface area (Å²) in [5, 5.41) is 21.5. The Hall–Kier alpha value is -4.35. The number of aromatic amines is 1. The molecule has 1 aliphatic heterocycles. The Kier molecular flexibility index (Phi) is 8.95. The molecule has 0 atom stereocenters. The molecule has 0 saturated carbocycles. The van der Waals surface area contributed by atoms with Gasteiger partial charge >= 0.3 is 5.69 Å². The molecule has 0 aliphatic carbocycles. The third-order valence-electron chi connectivity index (χ3n) is 7.20. The molecule has 238 valence electrons. The van der Waals surface area contributed by atoms with E-state index in [1.54, 1.807) is 6.07 Å². The maximum absolute atomic E-state index is 15.6. The van der Waals surface area contributed by atoms with Gasteiger partial charge in [0.25, 0.3) is 0 Å². The monoisotopic (exact) mass is 661 g/mol. The first-order valence-electron chi connectivity index (χ1n) is 13.6. The summed E-state index contributed by atoms with van der Waals surface area (Å²) in [7, 11) is -2.95. The van der Waals surface area contributed by atoms with Crippen molar-refractivity contribution in [1.82, 2.24) is 20.2 Å². The van der Waals surface area contributed by atoms with Crippen LogP contribution in [0.3, 0.4) is 0 Å². The molecule has 0 radical (unpaired) electrons. The van der Waals surface area contributed by atoms with E-state index in [2.05, 4.69) is 25.5 Å². The normalized spacial score (nSPS) is 14.0. The molecule has 1 aliphatic rings. The Bertz CT molecular complexity index is 1860. The van der Waals surface area contributed by atoms with Gasteiger partial charge in [0.2, 0.25) is 11.6 Å². The molecule has 3 heterocycles. The Morgan fingerprint density at radius 1 is 1.16 bits per heavy atom. The van der Waals surface area contributed by atoms with E-state index >= 15 is 8.78 Å². The fourth-order valence-corrected chi connectivity index (χ4v) is 7.03. The molecule has 2 aromatic heterocycles. The molecule has 0 amide bonds. The molecule has 1 fully saturated rings. The predicted molar refractivity (Wildman–Crippen MR) is 162 cm³/mol. The van der Waals surface area contributed by atoms with Gasteiger partial charge in [-0.3, -0.25) is 15.2 Å². The number of aryl methyl sites for hydroxylation is 1. The fraction of sp³-hybridized carbons (Fsp3) is 0.321. The summed E-state index contributed by atoms with van der Waals surface area (Å²) in [4.78, 5) is 21.0. The van der Waals surface area contributed by atoms with E-state index in [0.29, 0.717) is 43.7 Å². The summed E-state index contributed by atoms with van der Waals surface area (Å²) in [6.45, 7) is 6.25. The average molecular weight is 662 g/mol. The van der Waals surface area contributed by atoms with Crippen LogP contribution < -0.4 is 15.0 Å². The maximum Gasteiger partial charge on any atom is 0.305 e. The third-order valence-corrected chi connectivity index (χ3v) is 10.6. The Morgan fingerprint density at radius 3 is 2.51 bits per heavy atom. The average Bonchev–Trinajstić information content (AvgIpc) is 3.42. The summed E-state index contributed by atoms with van der Waals surface area (Å²) < 4.78 is 67.0. The number of benzene rings is 2. The summed E-state index contributed by atoms with van der Waals surface area (Å²) in [5.41, 5.74) is -0.465. The minimum Gasteiger partial charge on any atom is -0.490 e. The van der Waals surface area contributed by atoms with Gasteiger partial charge in [-0.1, -0.05) is 12.1 Å². The predicted octanol–water partition coefficient (Wildman–Crippen LogP) is 5.14. The fourth-order valence-electron chi connectivity index (χ4n) is 4.72. The highest BCUT2D eigenvalue weighted by Crippen LogP contribution is 2.41. The van der Waals surface area contributed by atoms with Crippen molar-refractivity contribution in [2.75, 3.05) is 43.6 Å². The lowest BCUT2D eigenvalue weighted by atomic mass is 10.0. The lowest BCUT2D eigenvalue weighted by molar-refractivity contribution is -0.387. The topological polar surface area (TPSA) is 165 Å². The molecule has 0 bridgehead atoms. The van der Waals surface area contributed by atoms with Gasteiger partial charge in [0.1, 0.15) is 5.82 Å². The van der Waals surface area contributed by atoms with E-state index in [-0.39, 0.29) is 15.9 Å². The van der Waals surface area contributed by atoms with Crippen LogP contribution in [0.25, 0.3) is 0 Å². The van der Waals surface area contributed by atoms with Crippen molar-refractivity contribution in [2.24, 2.45) is 0 Å². The number of nitrogens with one attached hydrogen (secondary N) is 2. The first-order valence-corrected chi connectivity index (χ1v) is 15.9. The van der Waals surface area contributed by atoms with Crippen LogP contribution in [0.1, 0.15) is 25.1 Å². The number of hydrogen-bond acceptors (Lipinski definition) is 12. The quantitative estimate of drug-likeness (QED) is 0.131. The lowest BCUT2D eigenvalue weighted by Gasteiger charge is -2.29. The second kappa shape index (κ2) is 12.6. The van der Waals surface area contributed by atoms with Gasteiger partial charge in [-0.15, -0.1) is 0 Å². The highest BCUT2D eigenvalue weighted by Gasteiger charge is 2.41. The van der Waals surface area contributed by atoms with Crippen LogP contribution in [0.4, 0.5) is 31.9 Å². The second-order valence-corrected chi connectivity index (χ2v) is 14.0. The SMILES string of the molecule is COc1c(Nc2cc(C)[nH]n2)nc(Sc2ccc(S(=O)(=O)C(C)(C)c3cccc([N+](=O)[O-])c3F)cc2F)nc1N1CCOCC1. The van der Waals surface area contributed by atoms with Crippen LogP contribution in [-0.2, 0) is 19.3 Å². The molecule has 0 spiro atoms. The maximum atomic E-state index is 15.6. The van der Waals surface area contributed by atoms with Crippen LogP contribution >= 0.6 is 11.8 Å². The van der Waals surface area contributed by atoms with Crippen LogP contribution in [0, 0.1) is 28.7 Å². The largest absolute Gasteiger partial charge is 0.490 e. The number of nitro benzene ring substituents is 1. The van der Waals surface area contributed by atoms with E-state index in [1.165, 1.54) is 39.2 Å². The van der Waals surface area contributed by atoms with Gasteiger partial charge in [-0.2, -0.15) is 9.49 Å². The zero-order valence-corrected chi connectivity index (χ0v) is 26.3. The number of morpholine rings is 1. The first-order chi connectivity index (χ1) is 21.3. The van der Waals surface area contributed by atoms with Crippen LogP contribution in [0.15, 0.2) is 57.4 Å². The first kappa shape index (κ1) is 32.1. The van der Waals surface area contributed by atoms with Crippen molar-refractivity contribution in [3.63, 3.8) is 0 Å². The molecular weight excluding hydrogens is 632 g/mol. The number of H-pyrrole nitrogens is 1. The van der Waals surface area contributed by atoms with Crippen molar-refractivity contribution >= 4 is 44.7 Å². The zero-order chi connectivity index (χ0) is 32.5. The van der Waals surface area contributed by atoms with Crippen molar-refractivity contribution in [1.29, 1.82) is 0 Å². The van der Waals surface area contributed by atoms with E-state index < -0.39 is 47.3 Å². The standard InChI is InChI=1S/C28H29F2N7O6S2/c1-16-14-22(35-34-16)31-25-24(42-4)26(36-10-12-43-13-11-36)33-27(32-25)44-21-9-8-17(15-19(21)29)45(40,41)28(2,3)18-6-5-7-20(23(18)30)37(38)39/h5-9,14-15H,10-13H2,1-4H3,(H2,31,32,33,34,35). The van der Waals surface area contributed by atoms with Crippen molar-refractivity contribution in [3.8, 4) is 5.75 Å². The molecule has 5 rings (SSSR count). The number of anilines is 3. The Labute approximate surface area is 261 Å². The van der Waals surface area contributed by atoms with E-state index in [0.717, 1.165) is 35.7 Å². The summed E-state index contributed by atoms with van der Waals surface area (Å²) in [5.74, 6) is -0.611. The number of ether oxygens (including phenoxy) is 2. The van der Waals surface area contributed by atoms with Gasteiger partial charge in [-0.05, 0) is 50.7 Å². The van der Waals surface area contributed by atoms with Gasteiger partial charge in [0.05, 0.1) is 39.8 Å². The molecule has 13 nitrogen and oxygen atoms in total. The molecule has 1 saturated heterocycles. The highest BCUT2D eigenvalue weighted by molar-refractivity contribution is 7.99. The van der Waals surface area contributed by atoms with Gasteiger partial charge in [0, 0.05) is 36.5 Å². The van der Waals surface area contributed by atoms with E-state index in [4.69, 9.17) is 9.47 Å². The van der Waals surface area contributed by atoms with Gasteiger partial charge < -0.3 is 19.7 Å². The molecular formula is C28H29F2N7O6S2. The van der Waals surface area contributed by atoms with Crippen LogP contribution in [0.5, 0.6) is 5.75 Å². The Morgan fingerprint density at radius 2 is 1.89 bits per heavy atom. The molecule has 0 unspecified atom stereocenters. The number of sulfone groups is 1. The molecule has 45 heavy (non-hydrogen) atoms. The van der Waals surface area contributed by atoms with E-state index in [1.807, 2.05) is 11.8 Å². The smallest absolute Gasteiger partial charge is 0.305 e. The van der Waals surface area contributed by atoms with Gasteiger partial charge in [-0.25, -0.2) is 22.8 Å². The summed E-state index contributed by atoms with van der Waals surface area (Å²) in [6, 6.07) is 8.34. The molecule has 4 aromatic rings. The number of hydrogen-bond donors (Lipinski definition) is 2. The summed E-state index contributed by atoms with van der Waals surface area (Å²) >= 11 is 0.864. The number of nitrogens with zero attached hydrogens (tertiary/aromatic N) is 5. The highest BCUT2D eigenvalue weighted by atomic mass is 32.2. The summed E-state index contributed by atoms with van der Waals surface area (Å²) in [6.07, 6.45) is 0. The second-order valence-electron chi connectivity index (χ2n) is 10.5. The van der Waals surface area contributed by atoms with Crippen molar-refractivity contribution in [2.45, 2.75) is 40.5 Å². The van der Waals surface area contributed by atoms with Crippen LogP contribution in [-0.4, -0.2) is 66.9 Å². The van der Waals surface area contributed by atoms with Crippen molar-refractivity contribution in [3.05, 3.63) is 75.5 Å². The van der Waals surface area contributed by atoms with Crippen molar-refractivity contribution < 1.29 is 31.6 Å². The van der Waals surface area contributed by atoms with Gasteiger partial charge in [0.15, 0.2) is 32.4 Å². The molecule has 2 aromatic carbocycles. The number of methoxy groups -OCH3 is 1. The lowest BCUT2D eigenvalue weighted by Crippen LogP contribution is -2.37. The minimum atomic E-state index is -4.44. The molecule has 17 heteroatoms. The number of nitro groups is 1. The molecule has 2 N–H and O–H groups in total. The van der Waals surface area contributed by atoms with E-state index in [9.17, 15) is 18.5 Å². The van der Waals surface area contributed by atoms with Crippen LogP contribution in [0.2, 0.25) is 0 Å². The third kappa shape index (κ3) is 6.27.